The van der Waals surface area contributed by atoms with Gasteiger partial charge in [-0.1, -0.05) is 40.2 Å². The van der Waals surface area contributed by atoms with Gasteiger partial charge in [0.15, 0.2) is 0 Å². The lowest BCUT2D eigenvalue weighted by molar-refractivity contribution is 0.0774. The van der Waals surface area contributed by atoms with Crippen LogP contribution in [0.2, 0.25) is 0 Å². The first kappa shape index (κ1) is 18.9. The van der Waals surface area contributed by atoms with E-state index in [0.717, 1.165) is 37.7 Å². The van der Waals surface area contributed by atoms with E-state index >= 15 is 0 Å². The first-order valence-electron chi connectivity index (χ1n) is 9.63. The Kier molecular flexibility index (Phi) is 7.22. The molecule has 0 radical (unpaired) electrons. The van der Waals surface area contributed by atoms with E-state index in [2.05, 4.69) is 23.7 Å². The third kappa shape index (κ3) is 4.79. The van der Waals surface area contributed by atoms with E-state index in [4.69, 9.17) is 0 Å². The van der Waals surface area contributed by atoms with Crippen molar-refractivity contribution in [3.63, 3.8) is 0 Å². The minimum absolute atomic E-state index is 0.0960. The van der Waals surface area contributed by atoms with Gasteiger partial charge in [0.1, 0.15) is 5.69 Å². The van der Waals surface area contributed by atoms with Gasteiger partial charge in [-0.3, -0.25) is 9.69 Å². The van der Waals surface area contributed by atoms with E-state index in [-0.39, 0.29) is 5.91 Å². The summed E-state index contributed by atoms with van der Waals surface area (Å²) in [7, 11) is 0. The van der Waals surface area contributed by atoms with Gasteiger partial charge in [-0.25, -0.2) is 4.98 Å². The van der Waals surface area contributed by atoms with Gasteiger partial charge in [0.05, 0.1) is 5.69 Å². The van der Waals surface area contributed by atoms with Gasteiger partial charge in [-0.2, -0.15) is 0 Å². The lowest BCUT2D eigenvalue weighted by atomic mass is 9.95. The Bertz CT molecular complexity index is 525. The Labute approximate surface area is 147 Å². The number of likely N-dealkylation sites (tertiary alicyclic amines) is 2. The molecule has 2 fully saturated rings. The molecule has 1 aromatic heterocycles. The van der Waals surface area contributed by atoms with Gasteiger partial charge in [0.25, 0.3) is 5.91 Å². The topological polar surface area (TPSA) is 36.4 Å². The van der Waals surface area contributed by atoms with Crippen LogP contribution in [0.15, 0.2) is 18.2 Å². The zero-order valence-corrected chi connectivity index (χ0v) is 15.8. The Morgan fingerprint density at radius 1 is 1.25 bits per heavy atom. The predicted octanol–water partition coefficient (Wildman–Crippen LogP) is 3.82. The Balaban J connectivity index is 0.00000100. The van der Waals surface area contributed by atoms with Gasteiger partial charge in [0, 0.05) is 32.7 Å². The highest BCUT2D eigenvalue weighted by Crippen LogP contribution is 2.22. The quantitative estimate of drug-likeness (QED) is 0.823. The smallest absolute Gasteiger partial charge is 0.272 e. The Morgan fingerprint density at radius 2 is 2.00 bits per heavy atom. The molecule has 2 saturated heterocycles. The summed E-state index contributed by atoms with van der Waals surface area (Å²) < 4.78 is 0. The molecule has 24 heavy (non-hydrogen) atoms. The summed E-state index contributed by atoms with van der Waals surface area (Å²) in [6.45, 7) is 13.4. The molecule has 0 saturated carbocycles. The summed E-state index contributed by atoms with van der Waals surface area (Å²) in [4.78, 5) is 21.5. The van der Waals surface area contributed by atoms with Crippen LogP contribution in [0, 0.1) is 11.8 Å². The third-order valence-electron chi connectivity index (χ3n) is 4.85. The molecule has 2 aliphatic heterocycles. The Morgan fingerprint density at radius 3 is 2.62 bits per heavy atom. The molecule has 3 rings (SSSR count). The van der Waals surface area contributed by atoms with E-state index in [1.165, 1.54) is 25.9 Å². The van der Waals surface area contributed by atoms with Crippen molar-refractivity contribution in [2.45, 2.75) is 53.5 Å². The molecule has 4 heteroatoms. The van der Waals surface area contributed by atoms with Gasteiger partial charge in [-0.05, 0) is 36.8 Å². The van der Waals surface area contributed by atoms with Gasteiger partial charge < -0.3 is 4.90 Å². The fraction of sp³-hybridized carbons (Fsp3) is 0.700. The molecule has 2 aliphatic rings. The van der Waals surface area contributed by atoms with Crippen LogP contribution in [0.1, 0.15) is 63.1 Å². The van der Waals surface area contributed by atoms with Gasteiger partial charge >= 0.3 is 0 Å². The zero-order chi connectivity index (χ0) is 17.5. The maximum atomic E-state index is 12.5. The fourth-order valence-corrected chi connectivity index (χ4v) is 3.59. The molecule has 134 valence electrons. The maximum absolute atomic E-state index is 12.5. The van der Waals surface area contributed by atoms with Crippen LogP contribution >= 0.6 is 0 Å². The van der Waals surface area contributed by atoms with Crippen molar-refractivity contribution in [3.05, 3.63) is 29.6 Å². The first-order valence-corrected chi connectivity index (χ1v) is 9.63. The molecular formula is C20H33N3O. The number of carbonyl (C=O) groups excluding carboxylic acids is 1. The molecule has 1 aromatic rings. The monoisotopic (exact) mass is 331 g/mol. The first-order chi connectivity index (χ1) is 11.7. The second-order valence-corrected chi connectivity index (χ2v) is 7.01. The number of aromatic nitrogens is 1. The second-order valence-electron chi connectivity index (χ2n) is 7.01. The SMILES string of the molecule is CC.CCCC1CN(Cc2cccc(C(=O)N3CCC(C)C3)n2)C1. The summed E-state index contributed by atoms with van der Waals surface area (Å²) in [5.74, 6) is 1.57. The molecule has 1 amide bonds. The van der Waals surface area contributed by atoms with Crippen LogP contribution in [0.3, 0.4) is 0 Å². The van der Waals surface area contributed by atoms with E-state index in [1.54, 1.807) is 0 Å². The molecule has 0 aromatic carbocycles. The van der Waals surface area contributed by atoms with E-state index in [9.17, 15) is 4.79 Å². The number of amides is 1. The minimum atomic E-state index is 0.0960. The van der Waals surface area contributed by atoms with E-state index in [0.29, 0.717) is 11.6 Å². The highest BCUT2D eigenvalue weighted by molar-refractivity contribution is 5.92. The van der Waals surface area contributed by atoms with Crippen LogP contribution in [0.4, 0.5) is 0 Å². The largest absolute Gasteiger partial charge is 0.337 e. The maximum Gasteiger partial charge on any atom is 0.272 e. The van der Waals surface area contributed by atoms with Crippen LogP contribution in [0.25, 0.3) is 0 Å². The van der Waals surface area contributed by atoms with Crippen LogP contribution in [0.5, 0.6) is 0 Å². The molecule has 3 heterocycles. The van der Waals surface area contributed by atoms with Crippen molar-refractivity contribution in [3.8, 4) is 0 Å². The molecule has 0 spiro atoms. The summed E-state index contributed by atoms with van der Waals surface area (Å²) in [5.41, 5.74) is 1.63. The summed E-state index contributed by atoms with van der Waals surface area (Å²) in [6, 6.07) is 5.86. The lowest BCUT2D eigenvalue weighted by Crippen LogP contribution is -2.45. The summed E-state index contributed by atoms with van der Waals surface area (Å²) in [6.07, 6.45) is 3.71. The van der Waals surface area contributed by atoms with Crippen molar-refractivity contribution in [2.24, 2.45) is 11.8 Å². The zero-order valence-electron chi connectivity index (χ0n) is 15.8. The summed E-state index contributed by atoms with van der Waals surface area (Å²) in [5, 5.41) is 0. The molecule has 0 aliphatic carbocycles. The van der Waals surface area contributed by atoms with Crippen molar-refractivity contribution in [2.75, 3.05) is 26.2 Å². The van der Waals surface area contributed by atoms with E-state index in [1.807, 2.05) is 36.9 Å². The summed E-state index contributed by atoms with van der Waals surface area (Å²) >= 11 is 0. The molecular weight excluding hydrogens is 298 g/mol. The van der Waals surface area contributed by atoms with Crippen molar-refractivity contribution >= 4 is 5.91 Å². The van der Waals surface area contributed by atoms with Gasteiger partial charge in [-0.15, -0.1) is 0 Å². The number of rotatable bonds is 5. The molecule has 1 unspecified atom stereocenters. The standard InChI is InChI=1S/C18H27N3O.C2H6/c1-3-5-15-11-20(12-15)13-16-6-4-7-17(19-16)18(22)21-9-8-14(2)10-21;1-2/h4,6-7,14-15H,3,5,8-13H2,1-2H3;1-2H3. The third-order valence-corrected chi connectivity index (χ3v) is 4.85. The van der Waals surface area contributed by atoms with Crippen molar-refractivity contribution in [1.29, 1.82) is 0 Å². The highest BCUT2D eigenvalue weighted by Gasteiger charge is 2.27. The van der Waals surface area contributed by atoms with Crippen LogP contribution in [-0.4, -0.2) is 46.9 Å². The predicted molar refractivity (Wildman–Crippen MR) is 98.9 cm³/mol. The normalized spacial score (nSPS) is 21.2. The molecule has 4 nitrogen and oxygen atoms in total. The molecule has 0 bridgehead atoms. The average Bonchev–Trinajstić information content (AvgIpc) is 3.01. The number of nitrogens with zero attached hydrogens (tertiary/aromatic N) is 3. The highest BCUT2D eigenvalue weighted by atomic mass is 16.2. The number of hydrogen-bond acceptors (Lipinski definition) is 3. The number of carbonyl (C=O) groups is 1. The van der Waals surface area contributed by atoms with E-state index < -0.39 is 0 Å². The minimum Gasteiger partial charge on any atom is -0.337 e. The fourth-order valence-electron chi connectivity index (χ4n) is 3.59. The lowest BCUT2D eigenvalue weighted by Gasteiger charge is -2.39. The van der Waals surface area contributed by atoms with Crippen LogP contribution < -0.4 is 0 Å². The second kappa shape index (κ2) is 9.16. The number of pyridine rings is 1. The molecule has 0 N–H and O–H groups in total. The Hall–Kier alpha value is -1.42. The number of hydrogen-bond donors (Lipinski definition) is 0. The molecule has 1 atom stereocenters. The average molecular weight is 332 g/mol. The van der Waals surface area contributed by atoms with Crippen LogP contribution in [-0.2, 0) is 6.54 Å². The van der Waals surface area contributed by atoms with Crippen molar-refractivity contribution < 1.29 is 4.79 Å². The van der Waals surface area contributed by atoms with Crippen molar-refractivity contribution in [1.82, 2.24) is 14.8 Å². The van der Waals surface area contributed by atoms with Gasteiger partial charge in [0.2, 0.25) is 0 Å².